The Labute approximate surface area is 102 Å². The molecule has 0 saturated carbocycles. The first-order chi connectivity index (χ1) is 6.75. The lowest BCUT2D eigenvalue weighted by Crippen LogP contribution is -2.15. The van der Waals surface area contributed by atoms with Gasteiger partial charge in [-0.15, -0.1) is 11.6 Å². The number of halogens is 2. The molecule has 1 aliphatic heterocycles. The van der Waals surface area contributed by atoms with Gasteiger partial charge in [0.2, 0.25) is 0 Å². The minimum absolute atomic E-state index is 0.324. The van der Waals surface area contributed by atoms with Crippen LogP contribution < -0.4 is 0 Å². The third kappa shape index (κ3) is 2.65. The Hall–Kier alpha value is 0.270. The second kappa shape index (κ2) is 4.86. The molecule has 2 rings (SSSR count). The summed E-state index contributed by atoms with van der Waals surface area (Å²) in [5, 5.41) is 0.324. The van der Waals surface area contributed by atoms with E-state index in [9.17, 15) is 0 Å². The molecule has 0 spiro atoms. The third-order valence-corrected chi connectivity index (χ3v) is 4.80. The van der Waals surface area contributed by atoms with Crippen molar-refractivity contribution >= 4 is 39.3 Å². The fourth-order valence-corrected chi connectivity index (χ4v) is 3.63. The molecule has 4 heteroatoms. The maximum Gasteiger partial charge on any atom is 0.0466 e. The van der Waals surface area contributed by atoms with Crippen LogP contribution >= 0.6 is 39.3 Å². The van der Waals surface area contributed by atoms with Crippen LogP contribution in [0.1, 0.15) is 5.69 Å². The smallest absolute Gasteiger partial charge is 0.0466 e. The fraction of sp³-hybridized carbons (Fsp3) is 0.500. The van der Waals surface area contributed by atoms with Crippen molar-refractivity contribution in [2.75, 3.05) is 11.5 Å². The predicted molar refractivity (Wildman–Crippen MR) is 66.1 cm³/mol. The van der Waals surface area contributed by atoms with E-state index in [-0.39, 0.29) is 0 Å². The van der Waals surface area contributed by atoms with Gasteiger partial charge < -0.3 is 0 Å². The van der Waals surface area contributed by atoms with Gasteiger partial charge in [0, 0.05) is 27.5 Å². The van der Waals surface area contributed by atoms with Crippen molar-refractivity contribution in [1.82, 2.24) is 4.98 Å². The van der Waals surface area contributed by atoms with Crippen LogP contribution in [0, 0.1) is 5.92 Å². The van der Waals surface area contributed by atoms with Gasteiger partial charge in [-0.05, 0) is 46.2 Å². The van der Waals surface area contributed by atoms with Crippen LogP contribution in [0.5, 0.6) is 0 Å². The van der Waals surface area contributed by atoms with Gasteiger partial charge >= 0.3 is 0 Å². The number of rotatable bonds is 2. The minimum Gasteiger partial charge on any atom is -0.260 e. The van der Waals surface area contributed by atoms with Crippen molar-refractivity contribution in [3.63, 3.8) is 0 Å². The molecule has 0 aliphatic carbocycles. The van der Waals surface area contributed by atoms with Gasteiger partial charge in [-0.1, -0.05) is 0 Å². The van der Waals surface area contributed by atoms with Crippen molar-refractivity contribution in [2.24, 2.45) is 5.92 Å². The number of thioether (sulfide) groups is 1. The lowest BCUT2D eigenvalue weighted by molar-refractivity contribution is 0.594. The van der Waals surface area contributed by atoms with E-state index in [1.54, 1.807) is 0 Å². The molecule has 1 aliphatic rings. The summed E-state index contributed by atoms with van der Waals surface area (Å²) in [4.78, 5) is 4.36. The summed E-state index contributed by atoms with van der Waals surface area (Å²) < 4.78 is 1.03. The maximum absolute atomic E-state index is 6.20. The maximum atomic E-state index is 6.20. The van der Waals surface area contributed by atoms with Crippen molar-refractivity contribution in [3.05, 3.63) is 28.5 Å². The van der Waals surface area contributed by atoms with E-state index in [1.807, 2.05) is 24.0 Å². The van der Waals surface area contributed by atoms with E-state index in [1.165, 1.54) is 5.75 Å². The Kier molecular flexibility index (Phi) is 3.74. The zero-order valence-electron chi connectivity index (χ0n) is 7.62. The molecule has 0 amide bonds. The Morgan fingerprint density at radius 1 is 1.50 bits per heavy atom. The molecule has 2 unspecified atom stereocenters. The molecule has 0 bridgehead atoms. The van der Waals surface area contributed by atoms with Gasteiger partial charge in [0.15, 0.2) is 0 Å². The largest absolute Gasteiger partial charge is 0.260 e. The lowest BCUT2D eigenvalue weighted by Gasteiger charge is -2.11. The van der Waals surface area contributed by atoms with Gasteiger partial charge in [-0.2, -0.15) is 11.8 Å². The van der Waals surface area contributed by atoms with Crippen LogP contribution in [0.25, 0.3) is 0 Å². The first kappa shape index (κ1) is 10.8. The van der Waals surface area contributed by atoms with Gasteiger partial charge in [0.25, 0.3) is 0 Å². The average molecular weight is 293 g/mol. The number of alkyl halides is 1. The van der Waals surface area contributed by atoms with E-state index >= 15 is 0 Å². The summed E-state index contributed by atoms with van der Waals surface area (Å²) in [5.74, 6) is 2.85. The molecule has 2 heterocycles. The number of hydrogen-bond donors (Lipinski definition) is 0. The van der Waals surface area contributed by atoms with Crippen LogP contribution in [-0.4, -0.2) is 21.9 Å². The van der Waals surface area contributed by atoms with Crippen LogP contribution in [0.15, 0.2) is 22.8 Å². The zero-order valence-corrected chi connectivity index (χ0v) is 10.8. The Morgan fingerprint density at radius 3 is 2.93 bits per heavy atom. The number of hydrogen-bond acceptors (Lipinski definition) is 2. The standard InChI is InChI=1S/C10H11BrClNS/c11-8-1-2-9(13-4-8)3-7-5-14-6-10(7)12/h1-2,4,7,10H,3,5-6H2. The molecule has 1 saturated heterocycles. The van der Waals surface area contributed by atoms with Crippen molar-refractivity contribution in [2.45, 2.75) is 11.8 Å². The highest BCUT2D eigenvalue weighted by Gasteiger charge is 2.26. The Balaban J connectivity index is 2.00. The zero-order chi connectivity index (χ0) is 9.97. The molecule has 1 aromatic heterocycles. The fourth-order valence-electron chi connectivity index (χ4n) is 1.56. The van der Waals surface area contributed by atoms with Crippen LogP contribution in [0.4, 0.5) is 0 Å². The first-order valence-corrected chi connectivity index (χ1v) is 6.96. The Morgan fingerprint density at radius 2 is 2.36 bits per heavy atom. The molecular weight excluding hydrogens is 282 g/mol. The summed E-state index contributed by atoms with van der Waals surface area (Å²) in [6.07, 6.45) is 2.86. The molecule has 1 fully saturated rings. The first-order valence-electron chi connectivity index (χ1n) is 4.58. The number of pyridine rings is 1. The lowest BCUT2D eigenvalue weighted by atomic mass is 10.0. The molecule has 2 atom stereocenters. The molecule has 76 valence electrons. The number of aromatic nitrogens is 1. The highest BCUT2D eigenvalue weighted by Crippen LogP contribution is 2.30. The second-order valence-electron chi connectivity index (χ2n) is 3.49. The van der Waals surface area contributed by atoms with E-state index in [2.05, 4.69) is 27.0 Å². The normalized spacial score (nSPS) is 26.7. The summed E-state index contributed by atoms with van der Waals surface area (Å²) in [7, 11) is 0. The summed E-state index contributed by atoms with van der Waals surface area (Å²) in [5.41, 5.74) is 1.14. The van der Waals surface area contributed by atoms with Gasteiger partial charge in [-0.25, -0.2) is 0 Å². The SMILES string of the molecule is ClC1CSCC1Cc1ccc(Br)cn1. The quantitative estimate of drug-likeness (QED) is 0.775. The summed E-state index contributed by atoms with van der Waals surface area (Å²) in [6, 6.07) is 4.10. The number of nitrogens with zero attached hydrogens (tertiary/aromatic N) is 1. The molecule has 1 nitrogen and oxygen atoms in total. The molecular formula is C10H11BrClNS. The van der Waals surface area contributed by atoms with Gasteiger partial charge in [-0.3, -0.25) is 4.98 Å². The van der Waals surface area contributed by atoms with Crippen LogP contribution in [-0.2, 0) is 6.42 Å². The summed E-state index contributed by atoms with van der Waals surface area (Å²) in [6.45, 7) is 0. The predicted octanol–water partition coefficient (Wildman–Crippen LogP) is 3.36. The van der Waals surface area contributed by atoms with Crippen molar-refractivity contribution in [1.29, 1.82) is 0 Å². The third-order valence-electron chi connectivity index (χ3n) is 2.38. The van der Waals surface area contributed by atoms with E-state index in [0.29, 0.717) is 11.3 Å². The van der Waals surface area contributed by atoms with E-state index in [4.69, 9.17) is 11.6 Å². The highest BCUT2D eigenvalue weighted by atomic mass is 79.9. The van der Waals surface area contributed by atoms with E-state index < -0.39 is 0 Å². The molecule has 0 N–H and O–H groups in total. The molecule has 0 radical (unpaired) electrons. The van der Waals surface area contributed by atoms with Crippen LogP contribution in [0.3, 0.4) is 0 Å². The summed E-state index contributed by atoms with van der Waals surface area (Å²) >= 11 is 11.5. The van der Waals surface area contributed by atoms with Crippen LogP contribution in [0.2, 0.25) is 0 Å². The Bertz CT molecular complexity index is 303. The molecule has 1 aromatic rings. The minimum atomic E-state index is 0.324. The van der Waals surface area contributed by atoms with Gasteiger partial charge in [0.1, 0.15) is 0 Å². The molecule has 14 heavy (non-hydrogen) atoms. The van der Waals surface area contributed by atoms with Gasteiger partial charge in [0.05, 0.1) is 0 Å². The topological polar surface area (TPSA) is 12.9 Å². The van der Waals surface area contributed by atoms with E-state index in [0.717, 1.165) is 22.3 Å². The second-order valence-corrected chi connectivity index (χ2v) is 6.04. The van der Waals surface area contributed by atoms with Crippen molar-refractivity contribution < 1.29 is 0 Å². The van der Waals surface area contributed by atoms with Crippen molar-refractivity contribution in [3.8, 4) is 0 Å². The average Bonchev–Trinajstić information content (AvgIpc) is 2.56. The monoisotopic (exact) mass is 291 g/mol. The highest BCUT2D eigenvalue weighted by molar-refractivity contribution is 9.10. The molecule has 0 aromatic carbocycles.